The third-order valence-corrected chi connectivity index (χ3v) is 4.34. The number of rotatable bonds is 6. The molecule has 3 aromatic rings. The molecule has 29 heavy (non-hydrogen) atoms. The molecule has 5 heteroatoms. The number of carbonyl (C=O) groups excluding carboxylic acids is 2. The summed E-state index contributed by atoms with van der Waals surface area (Å²) in [6.07, 6.45) is -0.0000443. The van der Waals surface area contributed by atoms with Gasteiger partial charge in [-0.05, 0) is 62.4 Å². The van der Waals surface area contributed by atoms with Gasteiger partial charge in [-0.3, -0.25) is 9.59 Å². The van der Waals surface area contributed by atoms with E-state index in [4.69, 9.17) is 4.74 Å². The molecule has 0 bridgehead atoms. The zero-order valence-corrected chi connectivity index (χ0v) is 16.8. The molecule has 0 saturated heterocycles. The maximum Gasteiger partial charge on any atom is 0.258 e. The van der Waals surface area contributed by atoms with Gasteiger partial charge >= 0.3 is 0 Å². The van der Waals surface area contributed by atoms with Crippen LogP contribution in [0.1, 0.15) is 34.6 Å². The van der Waals surface area contributed by atoms with Gasteiger partial charge < -0.3 is 15.0 Å². The first-order chi connectivity index (χ1) is 14.0. The smallest absolute Gasteiger partial charge is 0.258 e. The van der Waals surface area contributed by atoms with Gasteiger partial charge in [0.1, 0.15) is 5.75 Å². The second kappa shape index (κ2) is 9.06. The Morgan fingerprint density at radius 1 is 0.828 bits per heavy atom. The van der Waals surface area contributed by atoms with E-state index in [1.54, 1.807) is 42.3 Å². The van der Waals surface area contributed by atoms with Gasteiger partial charge in [0.15, 0.2) is 0 Å². The number of hydrogen-bond donors (Lipinski definition) is 1. The number of benzene rings is 3. The van der Waals surface area contributed by atoms with Crippen LogP contribution in [-0.4, -0.2) is 25.0 Å². The second-order valence-electron chi connectivity index (χ2n) is 6.89. The van der Waals surface area contributed by atoms with Gasteiger partial charge in [0, 0.05) is 23.9 Å². The van der Waals surface area contributed by atoms with E-state index in [9.17, 15) is 9.59 Å². The first-order valence-corrected chi connectivity index (χ1v) is 9.46. The molecular formula is C24H24N2O3. The van der Waals surface area contributed by atoms with Gasteiger partial charge in [-0.25, -0.2) is 0 Å². The Balaban J connectivity index is 1.72. The lowest BCUT2D eigenvalue weighted by Crippen LogP contribution is -2.26. The Labute approximate surface area is 170 Å². The van der Waals surface area contributed by atoms with E-state index in [0.717, 1.165) is 5.69 Å². The molecule has 1 N–H and O–H groups in total. The average Bonchev–Trinajstić information content (AvgIpc) is 2.74. The Hall–Kier alpha value is -3.60. The number of nitrogens with one attached hydrogen (secondary N) is 1. The van der Waals surface area contributed by atoms with Crippen molar-refractivity contribution in [1.29, 1.82) is 0 Å². The van der Waals surface area contributed by atoms with E-state index >= 15 is 0 Å². The minimum absolute atomic E-state index is 0.0000443. The highest BCUT2D eigenvalue weighted by Crippen LogP contribution is 2.25. The summed E-state index contributed by atoms with van der Waals surface area (Å²) >= 11 is 0. The molecule has 0 aliphatic rings. The van der Waals surface area contributed by atoms with Crippen LogP contribution in [0, 0.1) is 0 Å². The van der Waals surface area contributed by atoms with Crippen molar-refractivity contribution in [3.8, 4) is 5.75 Å². The molecule has 0 aliphatic heterocycles. The summed E-state index contributed by atoms with van der Waals surface area (Å²) in [4.78, 5) is 26.9. The molecule has 148 valence electrons. The van der Waals surface area contributed by atoms with Crippen molar-refractivity contribution in [2.24, 2.45) is 0 Å². The summed E-state index contributed by atoms with van der Waals surface area (Å²) in [6, 6.07) is 23.3. The Kier molecular flexibility index (Phi) is 6.29. The molecule has 0 atom stereocenters. The summed E-state index contributed by atoms with van der Waals surface area (Å²) in [7, 11) is 1.73. The van der Waals surface area contributed by atoms with Crippen molar-refractivity contribution in [3.05, 3.63) is 90.0 Å². The molecule has 2 amide bonds. The van der Waals surface area contributed by atoms with E-state index in [0.29, 0.717) is 22.6 Å². The third kappa shape index (κ3) is 5.02. The van der Waals surface area contributed by atoms with E-state index in [-0.39, 0.29) is 17.9 Å². The van der Waals surface area contributed by atoms with Crippen molar-refractivity contribution in [1.82, 2.24) is 0 Å². The highest BCUT2D eigenvalue weighted by Gasteiger charge is 2.15. The molecule has 0 spiro atoms. The molecular weight excluding hydrogens is 364 g/mol. The van der Waals surface area contributed by atoms with Crippen LogP contribution < -0.4 is 15.0 Å². The Morgan fingerprint density at radius 2 is 1.41 bits per heavy atom. The lowest BCUT2D eigenvalue weighted by atomic mass is 10.1. The monoisotopic (exact) mass is 388 g/mol. The number of amides is 2. The van der Waals surface area contributed by atoms with Crippen molar-refractivity contribution in [2.45, 2.75) is 20.0 Å². The van der Waals surface area contributed by atoms with Gasteiger partial charge in [-0.1, -0.05) is 30.3 Å². The molecule has 3 aromatic carbocycles. The summed E-state index contributed by atoms with van der Waals surface area (Å²) in [5.74, 6) is 0.214. The normalized spacial score (nSPS) is 10.5. The number of anilines is 2. The second-order valence-corrected chi connectivity index (χ2v) is 6.89. The fourth-order valence-electron chi connectivity index (χ4n) is 2.85. The van der Waals surface area contributed by atoms with Crippen LogP contribution >= 0.6 is 0 Å². The lowest BCUT2D eigenvalue weighted by Gasteiger charge is -2.17. The summed E-state index contributed by atoms with van der Waals surface area (Å²) < 4.78 is 5.74. The van der Waals surface area contributed by atoms with E-state index in [1.165, 1.54) is 0 Å². The van der Waals surface area contributed by atoms with Crippen LogP contribution in [0.3, 0.4) is 0 Å². The maximum atomic E-state index is 12.7. The van der Waals surface area contributed by atoms with Crippen LogP contribution in [0.15, 0.2) is 78.9 Å². The van der Waals surface area contributed by atoms with E-state index in [2.05, 4.69) is 5.32 Å². The molecule has 0 aromatic heterocycles. The zero-order valence-electron chi connectivity index (χ0n) is 16.8. The van der Waals surface area contributed by atoms with Crippen molar-refractivity contribution >= 4 is 23.2 Å². The molecule has 3 rings (SSSR count). The predicted octanol–water partition coefficient (Wildman–Crippen LogP) is 5.00. The highest BCUT2D eigenvalue weighted by atomic mass is 16.5. The average molecular weight is 388 g/mol. The minimum Gasteiger partial charge on any atom is -0.489 e. The largest absolute Gasteiger partial charge is 0.489 e. The summed E-state index contributed by atoms with van der Waals surface area (Å²) in [5, 5.41) is 2.87. The first-order valence-electron chi connectivity index (χ1n) is 9.46. The fourth-order valence-corrected chi connectivity index (χ4v) is 2.85. The van der Waals surface area contributed by atoms with Gasteiger partial charge in [-0.2, -0.15) is 0 Å². The molecule has 5 nitrogen and oxygen atoms in total. The molecule has 0 aliphatic carbocycles. The third-order valence-electron chi connectivity index (χ3n) is 4.34. The number of ether oxygens (including phenoxy) is 1. The number of carbonyl (C=O) groups is 2. The summed E-state index contributed by atoms with van der Waals surface area (Å²) in [5.41, 5.74) is 2.39. The number of para-hydroxylation sites is 3. The van der Waals surface area contributed by atoms with Gasteiger partial charge in [-0.15, -0.1) is 0 Å². The van der Waals surface area contributed by atoms with E-state index < -0.39 is 0 Å². The standard InChI is InChI=1S/C24H24N2O3/c1-17(2)29-22-12-8-7-11-21(22)25-23(27)18-13-15-19(16-14-18)24(28)26(3)20-9-5-4-6-10-20/h4-17H,1-3H3,(H,25,27). The zero-order chi connectivity index (χ0) is 20.8. The highest BCUT2D eigenvalue weighted by molar-refractivity contribution is 6.08. The predicted molar refractivity (Wildman–Crippen MR) is 116 cm³/mol. The number of nitrogens with zero attached hydrogens (tertiary/aromatic N) is 1. The maximum absolute atomic E-state index is 12.7. The molecule has 0 radical (unpaired) electrons. The van der Waals surface area contributed by atoms with E-state index in [1.807, 2.05) is 62.4 Å². The van der Waals surface area contributed by atoms with Gasteiger partial charge in [0.25, 0.3) is 11.8 Å². The molecule has 0 heterocycles. The Morgan fingerprint density at radius 3 is 2.07 bits per heavy atom. The number of hydrogen-bond acceptors (Lipinski definition) is 3. The van der Waals surface area contributed by atoms with Crippen LogP contribution in [-0.2, 0) is 0 Å². The molecule has 0 unspecified atom stereocenters. The SMILES string of the molecule is CC(C)Oc1ccccc1NC(=O)c1ccc(C(=O)N(C)c2ccccc2)cc1. The first kappa shape index (κ1) is 20.1. The van der Waals surface area contributed by atoms with Crippen LogP contribution in [0.2, 0.25) is 0 Å². The molecule has 0 fully saturated rings. The minimum atomic E-state index is -0.264. The van der Waals surface area contributed by atoms with Crippen LogP contribution in [0.4, 0.5) is 11.4 Å². The van der Waals surface area contributed by atoms with Crippen molar-refractivity contribution in [2.75, 3.05) is 17.3 Å². The fraction of sp³-hybridized carbons (Fsp3) is 0.167. The topological polar surface area (TPSA) is 58.6 Å². The quantitative estimate of drug-likeness (QED) is 0.646. The van der Waals surface area contributed by atoms with Crippen LogP contribution in [0.25, 0.3) is 0 Å². The molecule has 0 saturated carbocycles. The lowest BCUT2D eigenvalue weighted by molar-refractivity contribution is 0.0989. The summed E-state index contributed by atoms with van der Waals surface area (Å²) in [6.45, 7) is 3.86. The van der Waals surface area contributed by atoms with Crippen LogP contribution in [0.5, 0.6) is 5.75 Å². The van der Waals surface area contributed by atoms with Gasteiger partial charge in [0.05, 0.1) is 11.8 Å². The van der Waals surface area contributed by atoms with Crippen molar-refractivity contribution < 1.29 is 14.3 Å². The van der Waals surface area contributed by atoms with Crippen molar-refractivity contribution in [3.63, 3.8) is 0 Å². The van der Waals surface area contributed by atoms with Gasteiger partial charge in [0.2, 0.25) is 0 Å². The Bertz CT molecular complexity index is 983.